The zero-order valence-corrected chi connectivity index (χ0v) is 17.8. The molecule has 1 aliphatic heterocycles. The van der Waals surface area contributed by atoms with Crippen molar-refractivity contribution in [3.63, 3.8) is 0 Å². The van der Waals surface area contributed by atoms with Gasteiger partial charge in [0.1, 0.15) is 0 Å². The van der Waals surface area contributed by atoms with Crippen LogP contribution < -0.4 is 5.32 Å². The van der Waals surface area contributed by atoms with E-state index in [4.69, 9.17) is 0 Å². The average Bonchev–Trinajstić information content (AvgIpc) is 3.22. The number of hydrogen-bond donors (Lipinski definition) is 1. The highest BCUT2D eigenvalue weighted by molar-refractivity contribution is 14.0. The lowest BCUT2D eigenvalue weighted by molar-refractivity contribution is 0.247. The second-order valence-electron chi connectivity index (χ2n) is 5.98. The van der Waals surface area contributed by atoms with Gasteiger partial charge in [0.25, 0.3) is 0 Å². The van der Waals surface area contributed by atoms with Gasteiger partial charge in [-0.2, -0.15) is 0 Å². The molecular formula is C17H31IN4S. The molecule has 1 saturated heterocycles. The van der Waals surface area contributed by atoms with E-state index in [-0.39, 0.29) is 24.0 Å². The number of guanidine groups is 1. The highest BCUT2D eigenvalue weighted by Gasteiger charge is 2.24. The number of nitrogens with one attached hydrogen (secondary N) is 1. The zero-order valence-electron chi connectivity index (χ0n) is 14.6. The number of thiophene rings is 1. The van der Waals surface area contributed by atoms with Crippen molar-refractivity contribution in [3.8, 4) is 0 Å². The Morgan fingerprint density at radius 1 is 1.43 bits per heavy atom. The van der Waals surface area contributed by atoms with Crippen molar-refractivity contribution in [2.45, 2.75) is 38.6 Å². The summed E-state index contributed by atoms with van der Waals surface area (Å²) in [6.45, 7) is 6.65. The second-order valence-corrected chi connectivity index (χ2v) is 6.96. The predicted octanol–water partition coefficient (Wildman–Crippen LogP) is 3.81. The van der Waals surface area contributed by atoms with Crippen LogP contribution in [0.15, 0.2) is 22.5 Å². The molecule has 1 aromatic heterocycles. The lowest BCUT2D eigenvalue weighted by atomic mass is 10.2. The van der Waals surface area contributed by atoms with Crippen molar-refractivity contribution in [2.24, 2.45) is 4.99 Å². The fourth-order valence-electron chi connectivity index (χ4n) is 3.02. The molecule has 2 rings (SSSR count). The first-order valence-electron chi connectivity index (χ1n) is 8.45. The highest BCUT2D eigenvalue weighted by Crippen LogP contribution is 2.27. The minimum atomic E-state index is 0. The SMILES string of the molecule is CCCCN(C)C(=NC)NCC(c1cccs1)N1CCCC1.I. The Labute approximate surface area is 162 Å². The van der Waals surface area contributed by atoms with Crippen LogP contribution in [0.3, 0.4) is 0 Å². The van der Waals surface area contributed by atoms with E-state index in [2.05, 4.69) is 51.6 Å². The topological polar surface area (TPSA) is 30.9 Å². The largest absolute Gasteiger partial charge is 0.354 e. The minimum Gasteiger partial charge on any atom is -0.354 e. The molecule has 1 aliphatic rings. The Morgan fingerprint density at radius 2 is 2.17 bits per heavy atom. The predicted molar refractivity (Wildman–Crippen MR) is 112 cm³/mol. The van der Waals surface area contributed by atoms with Gasteiger partial charge in [0, 0.05) is 32.1 Å². The minimum absolute atomic E-state index is 0. The summed E-state index contributed by atoms with van der Waals surface area (Å²) >= 11 is 1.86. The Bertz CT molecular complexity index is 443. The Hall–Kier alpha value is -0.340. The smallest absolute Gasteiger partial charge is 0.193 e. The third kappa shape index (κ3) is 6.23. The molecule has 4 nitrogen and oxygen atoms in total. The molecule has 0 spiro atoms. The molecule has 0 aliphatic carbocycles. The number of halogens is 1. The van der Waals surface area contributed by atoms with Crippen molar-refractivity contribution in [1.82, 2.24) is 15.1 Å². The molecule has 132 valence electrons. The fourth-order valence-corrected chi connectivity index (χ4v) is 3.88. The molecular weight excluding hydrogens is 419 g/mol. The molecule has 23 heavy (non-hydrogen) atoms. The molecule has 0 aromatic carbocycles. The van der Waals surface area contributed by atoms with Crippen LogP contribution in [-0.4, -0.2) is 56.0 Å². The van der Waals surface area contributed by atoms with E-state index in [0.717, 1.165) is 19.0 Å². The summed E-state index contributed by atoms with van der Waals surface area (Å²) in [6, 6.07) is 4.89. The summed E-state index contributed by atoms with van der Waals surface area (Å²) in [5.74, 6) is 1.01. The normalized spacial score (nSPS) is 16.9. The Balaban J connectivity index is 0.00000264. The van der Waals surface area contributed by atoms with Gasteiger partial charge in [-0.15, -0.1) is 35.3 Å². The maximum absolute atomic E-state index is 4.44. The summed E-state index contributed by atoms with van der Waals surface area (Å²) in [5.41, 5.74) is 0. The molecule has 1 unspecified atom stereocenters. The van der Waals surface area contributed by atoms with Crippen LogP contribution >= 0.6 is 35.3 Å². The highest BCUT2D eigenvalue weighted by atomic mass is 127. The van der Waals surface area contributed by atoms with Gasteiger partial charge in [-0.3, -0.25) is 9.89 Å². The zero-order chi connectivity index (χ0) is 15.8. The first kappa shape index (κ1) is 20.7. The molecule has 0 radical (unpaired) electrons. The van der Waals surface area contributed by atoms with Gasteiger partial charge in [-0.25, -0.2) is 0 Å². The van der Waals surface area contributed by atoms with E-state index in [1.54, 1.807) is 0 Å². The molecule has 1 fully saturated rings. The van der Waals surface area contributed by atoms with E-state index in [1.165, 1.54) is 43.6 Å². The van der Waals surface area contributed by atoms with Gasteiger partial charge in [0.15, 0.2) is 5.96 Å². The monoisotopic (exact) mass is 450 g/mol. The van der Waals surface area contributed by atoms with Crippen molar-refractivity contribution < 1.29 is 0 Å². The summed E-state index contributed by atoms with van der Waals surface area (Å²) in [4.78, 5) is 10.7. The summed E-state index contributed by atoms with van der Waals surface area (Å²) in [6.07, 6.45) is 5.07. The van der Waals surface area contributed by atoms with Crippen molar-refractivity contribution in [3.05, 3.63) is 22.4 Å². The Morgan fingerprint density at radius 3 is 2.74 bits per heavy atom. The van der Waals surface area contributed by atoms with Gasteiger partial charge < -0.3 is 10.2 Å². The van der Waals surface area contributed by atoms with E-state index in [1.807, 2.05) is 18.4 Å². The third-order valence-electron chi connectivity index (χ3n) is 4.33. The number of hydrogen-bond acceptors (Lipinski definition) is 3. The van der Waals surface area contributed by atoms with E-state index in [9.17, 15) is 0 Å². The van der Waals surface area contributed by atoms with E-state index >= 15 is 0 Å². The van der Waals surface area contributed by atoms with Gasteiger partial charge in [-0.1, -0.05) is 19.4 Å². The van der Waals surface area contributed by atoms with Crippen molar-refractivity contribution in [1.29, 1.82) is 0 Å². The van der Waals surface area contributed by atoms with Gasteiger partial charge >= 0.3 is 0 Å². The quantitative estimate of drug-likeness (QED) is 0.390. The Kier molecular flexibility index (Phi) is 10.1. The first-order chi connectivity index (χ1) is 10.8. The summed E-state index contributed by atoms with van der Waals surface area (Å²) in [7, 11) is 4.00. The van der Waals surface area contributed by atoms with Crippen LogP contribution in [0.1, 0.15) is 43.5 Å². The molecule has 0 amide bonds. The van der Waals surface area contributed by atoms with Crippen LogP contribution in [0, 0.1) is 0 Å². The fraction of sp³-hybridized carbons (Fsp3) is 0.706. The maximum atomic E-state index is 4.44. The standard InChI is InChI=1S/C17H30N4S.HI/c1-4-5-10-20(3)17(18-2)19-14-15(16-9-8-13-22-16)21-11-6-7-12-21;/h8-9,13,15H,4-7,10-12,14H2,1-3H3,(H,18,19);1H. The molecule has 6 heteroatoms. The molecule has 0 bridgehead atoms. The number of unbranched alkanes of at least 4 members (excludes halogenated alkanes) is 1. The first-order valence-corrected chi connectivity index (χ1v) is 9.33. The van der Waals surface area contributed by atoms with Crippen molar-refractivity contribution >= 4 is 41.3 Å². The number of rotatable bonds is 7. The van der Waals surface area contributed by atoms with Crippen LogP contribution in [0.2, 0.25) is 0 Å². The molecule has 1 atom stereocenters. The number of aliphatic imine (C=N–C) groups is 1. The molecule has 2 heterocycles. The van der Waals surface area contributed by atoms with Gasteiger partial charge in [-0.05, 0) is 43.8 Å². The number of nitrogens with zero attached hydrogens (tertiary/aromatic N) is 3. The van der Waals surface area contributed by atoms with Gasteiger partial charge in [0.05, 0.1) is 6.04 Å². The summed E-state index contributed by atoms with van der Waals surface area (Å²) < 4.78 is 0. The van der Waals surface area contributed by atoms with Gasteiger partial charge in [0.2, 0.25) is 0 Å². The lowest BCUT2D eigenvalue weighted by Gasteiger charge is -2.29. The second kappa shape index (κ2) is 11.3. The van der Waals surface area contributed by atoms with Crippen LogP contribution in [0.5, 0.6) is 0 Å². The average molecular weight is 450 g/mol. The summed E-state index contributed by atoms with van der Waals surface area (Å²) in [5, 5.41) is 5.77. The van der Waals surface area contributed by atoms with Crippen LogP contribution in [0.25, 0.3) is 0 Å². The van der Waals surface area contributed by atoms with Crippen molar-refractivity contribution in [2.75, 3.05) is 40.3 Å². The third-order valence-corrected chi connectivity index (χ3v) is 5.30. The number of likely N-dealkylation sites (tertiary alicyclic amines) is 1. The van der Waals surface area contributed by atoms with E-state index in [0.29, 0.717) is 6.04 Å². The van der Waals surface area contributed by atoms with E-state index < -0.39 is 0 Å². The lowest BCUT2D eigenvalue weighted by Crippen LogP contribution is -2.43. The van der Waals surface area contributed by atoms with Crippen LogP contribution in [-0.2, 0) is 0 Å². The van der Waals surface area contributed by atoms with Crippen LogP contribution in [0.4, 0.5) is 0 Å². The molecule has 1 N–H and O–H groups in total. The maximum Gasteiger partial charge on any atom is 0.193 e. The molecule has 1 aromatic rings. The molecule has 0 saturated carbocycles.